The van der Waals surface area contributed by atoms with E-state index in [1.165, 1.54) is 0 Å². The molecule has 0 atom stereocenters. The number of benzene rings is 3. The van der Waals surface area contributed by atoms with Gasteiger partial charge in [0.05, 0.1) is 0 Å². The number of carbonyl (C=O) groups is 1. The van der Waals surface area contributed by atoms with E-state index in [9.17, 15) is 4.79 Å². The first kappa shape index (κ1) is 18.1. The fourth-order valence-electron chi connectivity index (χ4n) is 3.13. The molecule has 0 amide bonds. The molecular formula is C25H22O3. The normalized spacial score (nSPS) is 14.1. The molecule has 3 aromatic carbocycles. The van der Waals surface area contributed by atoms with E-state index in [-0.39, 0.29) is 11.4 Å². The van der Waals surface area contributed by atoms with Crippen LogP contribution in [0.25, 0.3) is 6.08 Å². The van der Waals surface area contributed by atoms with Gasteiger partial charge in [-0.2, -0.15) is 0 Å². The van der Waals surface area contributed by atoms with Crippen molar-refractivity contribution in [2.45, 2.75) is 26.1 Å². The van der Waals surface area contributed by atoms with Gasteiger partial charge in [-0.15, -0.1) is 0 Å². The summed E-state index contributed by atoms with van der Waals surface area (Å²) in [7, 11) is 0. The summed E-state index contributed by atoms with van der Waals surface area (Å²) in [5.41, 5.74) is 2.98. The molecule has 1 aliphatic heterocycles. The highest BCUT2D eigenvalue weighted by molar-refractivity contribution is 6.09. The first-order valence-electron chi connectivity index (χ1n) is 9.34. The van der Waals surface area contributed by atoms with Gasteiger partial charge in [-0.25, -0.2) is 0 Å². The molecule has 0 saturated heterocycles. The van der Waals surface area contributed by atoms with Crippen LogP contribution in [0.5, 0.6) is 11.5 Å². The van der Waals surface area contributed by atoms with Crippen molar-refractivity contribution in [3.8, 4) is 11.5 Å². The Hall–Kier alpha value is -3.33. The van der Waals surface area contributed by atoms with Gasteiger partial charge < -0.3 is 9.47 Å². The van der Waals surface area contributed by atoms with Crippen molar-refractivity contribution in [2.24, 2.45) is 0 Å². The van der Waals surface area contributed by atoms with E-state index >= 15 is 0 Å². The maximum absolute atomic E-state index is 12.8. The van der Waals surface area contributed by atoms with E-state index in [1.54, 1.807) is 12.1 Å². The third-order valence-electron chi connectivity index (χ3n) is 4.67. The number of ether oxygens (including phenoxy) is 2. The number of hydrogen-bond donors (Lipinski definition) is 0. The average molecular weight is 370 g/mol. The molecule has 0 bridgehead atoms. The van der Waals surface area contributed by atoms with Crippen LogP contribution in [-0.4, -0.2) is 11.4 Å². The standard InChI is InChI=1S/C25H22O3/c1-25(2)15-14-20-16-21(10-13-23(20)28-25)24(26)19-8-11-22(12-9-19)27-17-18-6-4-3-5-7-18/h3-16H,17H2,1-2H3. The fourth-order valence-corrected chi connectivity index (χ4v) is 3.13. The first-order chi connectivity index (χ1) is 13.5. The molecule has 0 radical (unpaired) electrons. The van der Waals surface area contributed by atoms with Gasteiger partial charge in [0.1, 0.15) is 23.7 Å². The molecule has 28 heavy (non-hydrogen) atoms. The number of fused-ring (bicyclic) bond motifs is 1. The molecule has 0 aromatic heterocycles. The molecule has 0 spiro atoms. The second kappa shape index (κ2) is 7.35. The Bertz CT molecular complexity index is 1020. The predicted octanol–water partition coefficient (Wildman–Crippen LogP) is 5.68. The maximum Gasteiger partial charge on any atom is 0.193 e. The number of carbonyl (C=O) groups excluding carboxylic acids is 1. The Morgan fingerprint density at radius 3 is 2.39 bits per heavy atom. The summed E-state index contributed by atoms with van der Waals surface area (Å²) in [4.78, 5) is 12.8. The van der Waals surface area contributed by atoms with E-state index in [0.717, 1.165) is 22.6 Å². The van der Waals surface area contributed by atoms with E-state index in [4.69, 9.17) is 9.47 Å². The zero-order valence-electron chi connectivity index (χ0n) is 16.0. The van der Waals surface area contributed by atoms with Crippen LogP contribution in [-0.2, 0) is 6.61 Å². The van der Waals surface area contributed by atoms with Crippen LogP contribution < -0.4 is 9.47 Å². The van der Waals surface area contributed by atoms with Gasteiger partial charge in [0, 0.05) is 16.7 Å². The van der Waals surface area contributed by atoms with E-state index < -0.39 is 0 Å². The van der Waals surface area contributed by atoms with Crippen LogP contribution in [0.3, 0.4) is 0 Å². The van der Waals surface area contributed by atoms with Crippen molar-refractivity contribution in [3.63, 3.8) is 0 Å². The SMILES string of the molecule is CC1(C)C=Cc2cc(C(=O)c3ccc(OCc4ccccc4)cc3)ccc2O1. The minimum absolute atomic E-state index is 0.0179. The number of hydrogen-bond acceptors (Lipinski definition) is 3. The van der Waals surface area contributed by atoms with Crippen molar-refractivity contribution >= 4 is 11.9 Å². The van der Waals surface area contributed by atoms with Gasteiger partial charge in [0.25, 0.3) is 0 Å². The van der Waals surface area contributed by atoms with E-state index in [0.29, 0.717) is 17.7 Å². The van der Waals surface area contributed by atoms with Gasteiger partial charge in [-0.05, 0) is 68.0 Å². The molecular weight excluding hydrogens is 348 g/mol. The van der Waals surface area contributed by atoms with Gasteiger partial charge in [-0.3, -0.25) is 4.79 Å². The number of rotatable bonds is 5. The lowest BCUT2D eigenvalue weighted by Crippen LogP contribution is -2.27. The Balaban J connectivity index is 1.46. The molecule has 0 aliphatic carbocycles. The lowest BCUT2D eigenvalue weighted by Gasteiger charge is -2.27. The fraction of sp³-hybridized carbons (Fsp3) is 0.160. The maximum atomic E-state index is 12.8. The predicted molar refractivity (Wildman–Crippen MR) is 111 cm³/mol. The molecule has 3 nitrogen and oxygen atoms in total. The van der Waals surface area contributed by atoms with E-state index in [2.05, 4.69) is 0 Å². The Morgan fingerprint density at radius 1 is 0.929 bits per heavy atom. The van der Waals surface area contributed by atoms with E-state index in [1.807, 2.05) is 86.7 Å². The van der Waals surface area contributed by atoms with Gasteiger partial charge >= 0.3 is 0 Å². The Morgan fingerprint density at radius 2 is 1.64 bits per heavy atom. The number of ketones is 1. The Labute approximate surface area is 165 Å². The summed E-state index contributed by atoms with van der Waals surface area (Å²) in [5, 5.41) is 0. The van der Waals surface area contributed by atoms with Gasteiger partial charge in [0.2, 0.25) is 0 Å². The quantitative estimate of drug-likeness (QED) is 0.542. The summed E-state index contributed by atoms with van der Waals surface area (Å²) in [6.45, 7) is 4.52. The highest BCUT2D eigenvalue weighted by Gasteiger charge is 2.22. The summed E-state index contributed by atoms with van der Waals surface area (Å²) in [6.07, 6.45) is 4.01. The molecule has 3 heteroatoms. The minimum atomic E-state index is -0.325. The average Bonchev–Trinajstić information content (AvgIpc) is 2.72. The van der Waals surface area contributed by atoms with Crippen molar-refractivity contribution in [3.05, 3.63) is 101 Å². The zero-order chi connectivity index (χ0) is 19.6. The van der Waals surface area contributed by atoms with Crippen molar-refractivity contribution in [2.75, 3.05) is 0 Å². The first-order valence-corrected chi connectivity index (χ1v) is 9.34. The molecule has 1 aliphatic rings. The third-order valence-corrected chi connectivity index (χ3v) is 4.67. The van der Waals surface area contributed by atoms with Crippen molar-refractivity contribution in [1.29, 1.82) is 0 Å². The molecule has 0 N–H and O–H groups in total. The summed E-state index contributed by atoms with van der Waals surface area (Å²) >= 11 is 0. The monoisotopic (exact) mass is 370 g/mol. The third kappa shape index (κ3) is 3.99. The van der Waals surface area contributed by atoms with Crippen molar-refractivity contribution in [1.82, 2.24) is 0 Å². The van der Waals surface area contributed by atoms with Gasteiger partial charge in [0.15, 0.2) is 5.78 Å². The molecule has 0 fully saturated rings. The van der Waals surface area contributed by atoms with Crippen LogP contribution >= 0.6 is 0 Å². The molecule has 0 unspecified atom stereocenters. The smallest absolute Gasteiger partial charge is 0.193 e. The second-order valence-electron chi connectivity index (χ2n) is 7.42. The van der Waals surface area contributed by atoms with Gasteiger partial charge in [-0.1, -0.05) is 36.4 Å². The lowest BCUT2D eigenvalue weighted by molar-refractivity contribution is 0.103. The summed E-state index contributed by atoms with van der Waals surface area (Å²) in [6, 6.07) is 22.8. The lowest BCUT2D eigenvalue weighted by atomic mass is 9.97. The van der Waals surface area contributed by atoms with Crippen molar-refractivity contribution < 1.29 is 14.3 Å². The van der Waals surface area contributed by atoms with Crippen LogP contribution in [0.4, 0.5) is 0 Å². The summed E-state index contributed by atoms with van der Waals surface area (Å²) in [5.74, 6) is 1.52. The van der Waals surface area contributed by atoms with Crippen LogP contribution in [0.2, 0.25) is 0 Å². The highest BCUT2D eigenvalue weighted by atomic mass is 16.5. The van der Waals surface area contributed by atoms with Crippen LogP contribution in [0, 0.1) is 0 Å². The molecule has 3 aromatic rings. The van der Waals surface area contributed by atoms with Crippen LogP contribution in [0.15, 0.2) is 78.9 Å². The van der Waals surface area contributed by atoms with Crippen LogP contribution in [0.1, 0.15) is 40.9 Å². The minimum Gasteiger partial charge on any atom is -0.489 e. The largest absolute Gasteiger partial charge is 0.489 e. The molecule has 0 saturated carbocycles. The highest BCUT2D eigenvalue weighted by Crippen LogP contribution is 2.32. The molecule has 1 heterocycles. The molecule has 140 valence electrons. The Kier molecular flexibility index (Phi) is 4.74. The topological polar surface area (TPSA) is 35.5 Å². The summed E-state index contributed by atoms with van der Waals surface area (Å²) < 4.78 is 11.7. The molecule has 4 rings (SSSR count). The second-order valence-corrected chi connectivity index (χ2v) is 7.42. The zero-order valence-corrected chi connectivity index (χ0v) is 16.0.